The summed E-state index contributed by atoms with van der Waals surface area (Å²) in [4.78, 5) is 25.0. The van der Waals surface area contributed by atoms with E-state index in [0.29, 0.717) is 11.3 Å². The van der Waals surface area contributed by atoms with Crippen LogP contribution in [0.4, 0.5) is 5.69 Å². The van der Waals surface area contributed by atoms with E-state index in [1.54, 1.807) is 19.9 Å². The van der Waals surface area contributed by atoms with Crippen molar-refractivity contribution in [1.29, 1.82) is 0 Å². The number of amides is 1. The van der Waals surface area contributed by atoms with Gasteiger partial charge in [0, 0.05) is 29.7 Å². The van der Waals surface area contributed by atoms with Gasteiger partial charge in [0.05, 0.1) is 10.5 Å². The van der Waals surface area contributed by atoms with Gasteiger partial charge in [0.1, 0.15) is 0 Å². The van der Waals surface area contributed by atoms with Gasteiger partial charge in [0.25, 0.3) is 5.91 Å². The van der Waals surface area contributed by atoms with Gasteiger partial charge in [-0.25, -0.2) is 17.9 Å². The van der Waals surface area contributed by atoms with Crippen LogP contribution in [0.1, 0.15) is 49.4 Å². The average molecular weight is 436 g/mol. The molecule has 0 aliphatic heterocycles. The number of benzene rings is 1. The quantitative estimate of drug-likeness (QED) is 0.620. The summed E-state index contributed by atoms with van der Waals surface area (Å²) in [6.07, 6.45) is -1.02. The number of nitrogens with one attached hydrogen (secondary N) is 2. The van der Waals surface area contributed by atoms with Crippen LogP contribution in [0.25, 0.3) is 0 Å². The summed E-state index contributed by atoms with van der Waals surface area (Å²) in [7, 11) is -3.61. The Morgan fingerprint density at radius 2 is 1.70 bits per heavy atom. The first kappa shape index (κ1) is 23.6. The standard InChI is InChI=1S/C21H29N3O5S/c1-7-24-14(4)12-19(15(24)5)21(26)29-16(6)20(25)22-17-8-10-18(11-9-17)30(27,28)23-13(2)3/h8-13,16,23H,7H2,1-6H3,(H,22,25)/t16-/m0/s1. The molecule has 0 spiro atoms. The molecule has 0 unspecified atom stereocenters. The number of hydrogen-bond donors (Lipinski definition) is 2. The molecule has 1 aromatic heterocycles. The number of esters is 1. The maximum absolute atomic E-state index is 12.5. The maximum atomic E-state index is 12.5. The number of nitrogens with zero attached hydrogens (tertiary/aromatic N) is 1. The van der Waals surface area contributed by atoms with Crippen LogP contribution >= 0.6 is 0 Å². The summed E-state index contributed by atoms with van der Waals surface area (Å²) in [6, 6.07) is 7.28. The molecule has 0 aliphatic carbocycles. The number of aryl methyl sites for hydroxylation is 1. The number of aromatic nitrogens is 1. The highest BCUT2D eigenvalue weighted by Crippen LogP contribution is 2.18. The van der Waals surface area contributed by atoms with Gasteiger partial charge in [-0.3, -0.25) is 4.79 Å². The second-order valence-corrected chi connectivity index (χ2v) is 9.08. The number of carbonyl (C=O) groups is 2. The van der Waals surface area contributed by atoms with Crippen LogP contribution in [0.3, 0.4) is 0 Å². The summed E-state index contributed by atoms with van der Waals surface area (Å²) >= 11 is 0. The molecular formula is C21H29N3O5S. The normalized spacial score (nSPS) is 12.6. The lowest BCUT2D eigenvalue weighted by molar-refractivity contribution is -0.123. The molecule has 1 aromatic carbocycles. The van der Waals surface area contributed by atoms with Crippen molar-refractivity contribution in [3.8, 4) is 0 Å². The zero-order valence-corrected chi connectivity index (χ0v) is 19.0. The Labute approximate surface area is 177 Å². The highest BCUT2D eigenvalue weighted by atomic mass is 32.2. The SMILES string of the molecule is CCn1c(C)cc(C(=O)O[C@@H](C)C(=O)Nc2ccc(S(=O)(=O)NC(C)C)cc2)c1C. The van der Waals surface area contributed by atoms with Crippen molar-refractivity contribution >= 4 is 27.6 Å². The molecule has 0 saturated heterocycles. The molecule has 1 amide bonds. The van der Waals surface area contributed by atoms with E-state index >= 15 is 0 Å². The van der Waals surface area contributed by atoms with Crippen LogP contribution < -0.4 is 10.0 Å². The van der Waals surface area contributed by atoms with Crippen molar-refractivity contribution in [3.63, 3.8) is 0 Å². The third-order valence-corrected chi connectivity index (χ3v) is 6.26. The first-order valence-electron chi connectivity index (χ1n) is 9.77. The van der Waals surface area contributed by atoms with E-state index in [2.05, 4.69) is 10.0 Å². The lowest BCUT2D eigenvalue weighted by Crippen LogP contribution is -2.31. The molecule has 1 heterocycles. The number of rotatable bonds is 8. The molecule has 8 nitrogen and oxygen atoms in total. The lowest BCUT2D eigenvalue weighted by Gasteiger charge is -2.14. The number of carbonyl (C=O) groups excluding carboxylic acids is 2. The fraction of sp³-hybridized carbons (Fsp3) is 0.429. The summed E-state index contributed by atoms with van der Waals surface area (Å²) < 4.78 is 34.1. The average Bonchev–Trinajstić information content (AvgIpc) is 2.94. The van der Waals surface area contributed by atoms with E-state index in [1.165, 1.54) is 31.2 Å². The predicted octanol–water partition coefficient (Wildman–Crippen LogP) is 3.00. The topological polar surface area (TPSA) is 106 Å². The van der Waals surface area contributed by atoms with E-state index in [1.807, 2.05) is 25.3 Å². The van der Waals surface area contributed by atoms with E-state index in [-0.39, 0.29) is 10.9 Å². The Kier molecular flexibility index (Phi) is 7.44. The van der Waals surface area contributed by atoms with Gasteiger partial charge in [0.15, 0.2) is 6.10 Å². The largest absolute Gasteiger partial charge is 0.449 e. The minimum atomic E-state index is -3.61. The van der Waals surface area contributed by atoms with Crippen molar-refractivity contribution < 1.29 is 22.7 Å². The third-order valence-electron chi connectivity index (χ3n) is 4.59. The summed E-state index contributed by atoms with van der Waals surface area (Å²) in [5.74, 6) is -1.07. The molecule has 2 aromatic rings. The highest BCUT2D eigenvalue weighted by Gasteiger charge is 2.23. The Bertz CT molecular complexity index is 1020. The fourth-order valence-corrected chi connectivity index (χ4v) is 4.36. The van der Waals surface area contributed by atoms with E-state index < -0.39 is 28.0 Å². The molecule has 9 heteroatoms. The molecule has 0 radical (unpaired) electrons. The van der Waals surface area contributed by atoms with Gasteiger partial charge < -0.3 is 14.6 Å². The molecule has 2 N–H and O–H groups in total. The molecular weight excluding hydrogens is 406 g/mol. The van der Waals surface area contributed by atoms with Crippen LogP contribution in [0.5, 0.6) is 0 Å². The molecule has 0 aliphatic rings. The zero-order chi connectivity index (χ0) is 22.6. The lowest BCUT2D eigenvalue weighted by atomic mass is 10.2. The second kappa shape index (κ2) is 9.44. The monoisotopic (exact) mass is 435 g/mol. The summed E-state index contributed by atoms with van der Waals surface area (Å²) in [5, 5.41) is 2.62. The second-order valence-electron chi connectivity index (χ2n) is 7.37. The van der Waals surface area contributed by atoms with Gasteiger partial charge in [-0.1, -0.05) is 0 Å². The molecule has 30 heavy (non-hydrogen) atoms. The van der Waals surface area contributed by atoms with E-state index in [0.717, 1.165) is 17.9 Å². The first-order chi connectivity index (χ1) is 14.0. The van der Waals surface area contributed by atoms with Crippen LogP contribution in [-0.4, -0.2) is 37.0 Å². The molecule has 0 saturated carbocycles. The first-order valence-corrected chi connectivity index (χ1v) is 11.3. The summed E-state index contributed by atoms with van der Waals surface area (Å²) in [6.45, 7) is 11.4. The minimum absolute atomic E-state index is 0.0972. The van der Waals surface area contributed by atoms with Crippen LogP contribution in [0.15, 0.2) is 35.2 Å². The molecule has 0 fully saturated rings. The number of sulfonamides is 1. The third kappa shape index (κ3) is 5.48. The summed E-state index contributed by atoms with van der Waals surface area (Å²) in [5.41, 5.74) is 2.57. The van der Waals surface area contributed by atoms with Crippen LogP contribution in [0.2, 0.25) is 0 Å². The van der Waals surface area contributed by atoms with Crippen molar-refractivity contribution in [1.82, 2.24) is 9.29 Å². The Hall–Kier alpha value is -2.65. The Morgan fingerprint density at radius 3 is 2.20 bits per heavy atom. The zero-order valence-electron chi connectivity index (χ0n) is 18.1. The molecule has 164 valence electrons. The van der Waals surface area contributed by atoms with Crippen molar-refractivity contribution in [2.75, 3.05) is 5.32 Å². The number of anilines is 1. The number of hydrogen-bond acceptors (Lipinski definition) is 5. The smallest absolute Gasteiger partial charge is 0.340 e. The van der Waals surface area contributed by atoms with E-state index in [4.69, 9.17) is 4.74 Å². The highest BCUT2D eigenvalue weighted by molar-refractivity contribution is 7.89. The molecule has 0 bridgehead atoms. The van der Waals surface area contributed by atoms with Gasteiger partial charge in [-0.2, -0.15) is 0 Å². The van der Waals surface area contributed by atoms with Gasteiger partial charge in [-0.15, -0.1) is 0 Å². The van der Waals surface area contributed by atoms with Gasteiger partial charge >= 0.3 is 5.97 Å². The van der Waals surface area contributed by atoms with Gasteiger partial charge in [0.2, 0.25) is 10.0 Å². The van der Waals surface area contributed by atoms with Crippen molar-refractivity contribution in [2.24, 2.45) is 0 Å². The van der Waals surface area contributed by atoms with E-state index in [9.17, 15) is 18.0 Å². The Balaban J connectivity index is 2.03. The fourth-order valence-electron chi connectivity index (χ4n) is 3.11. The maximum Gasteiger partial charge on any atom is 0.340 e. The van der Waals surface area contributed by atoms with Crippen molar-refractivity contribution in [2.45, 2.75) is 65.1 Å². The predicted molar refractivity (Wildman–Crippen MR) is 115 cm³/mol. The molecule has 1 atom stereocenters. The van der Waals surface area contributed by atoms with Gasteiger partial charge in [-0.05, 0) is 71.9 Å². The minimum Gasteiger partial charge on any atom is -0.449 e. The van der Waals surface area contributed by atoms with Crippen LogP contribution in [0, 0.1) is 13.8 Å². The van der Waals surface area contributed by atoms with Crippen LogP contribution in [-0.2, 0) is 26.1 Å². The number of ether oxygens (including phenoxy) is 1. The van der Waals surface area contributed by atoms with Crippen molar-refractivity contribution in [3.05, 3.63) is 47.3 Å². The molecule has 2 rings (SSSR count). The Morgan fingerprint density at radius 1 is 1.10 bits per heavy atom.